The summed E-state index contributed by atoms with van der Waals surface area (Å²) in [7, 11) is 0. The maximum absolute atomic E-state index is 12.3. The molecule has 2 aromatic carbocycles. The highest BCUT2D eigenvalue weighted by atomic mass is 32.2. The van der Waals surface area contributed by atoms with Gasteiger partial charge in [0.05, 0.1) is 10.9 Å². The molecule has 3 nitrogen and oxygen atoms in total. The van der Waals surface area contributed by atoms with E-state index >= 15 is 0 Å². The van der Waals surface area contributed by atoms with Gasteiger partial charge in [0.15, 0.2) is 0 Å². The summed E-state index contributed by atoms with van der Waals surface area (Å²) in [5.41, 5.74) is 3.16. The van der Waals surface area contributed by atoms with Crippen LogP contribution in [0, 0.1) is 0 Å². The van der Waals surface area contributed by atoms with Crippen molar-refractivity contribution in [1.29, 1.82) is 0 Å². The molecule has 1 amide bonds. The molecule has 22 heavy (non-hydrogen) atoms. The lowest BCUT2D eigenvalue weighted by atomic mass is 10.1. The zero-order valence-electron chi connectivity index (χ0n) is 12.8. The molecule has 2 N–H and O–H groups in total. The van der Waals surface area contributed by atoms with Gasteiger partial charge in [0, 0.05) is 11.4 Å². The normalized spacial score (nSPS) is 19.8. The molecule has 1 heterocycles. The SMILES string of the molecule is CC1(C)N[C@@H](C(=O)Nc2ccc(-c3ccccc3)cc2)CS1. The minimum atomic E-state index is -0.131. The van der Waals surface area contributed by atoms with Crippen LogP contribution >= 0.6 is 11.8 Å². The third-order valence-corrected chi connectivity index (χ3v) is 5.05. The molecule has 0 unspecified atom stereocenters. The molecule has 0 aliphatic carbocycles. The number of carbonyl (C=O) groups is 1. The average Bonchev–Trinajstić information content (AvgIpc) is 2.89. The van der Waals surface area contributed by atoms with Crippen molar-refractivity contribution < 1.29 is 4.79 Å². The standard InChI is InChI=1S/C18H20N2OS/c1-18(2)20-16(12-22-18)17(21)19-15-10-8-14(9-11-15)13-6-4-3-5-7-13/h3-11,16,20H,12H2,1-2H3,(H,19,21)/t16-/m1/s1. The van der Waals surface area contributed by atoms with E-state index in [4.69, 9.17) is 0 Å². The van der Waals surface area contributed by atoms with E-state index in [0.717, 1.165) is 17.0 Å². The number of benzene rings is 2. The second-order valence-electron chi connectivity index (χ2n) is 5.95. The molecular weight excluding hydrogens is 292 g/mol. The van der Waals surface area contributed by atoms with Crippen molar-refractivity contribution in [3.63, 3.8) is 0 Å². The number of anilines is 1. The Kier molecular flexibility index (Phi) is 4.23. The number of rotatable bonds is 3. The summed E-state index contributed by atoms with van der Waals surface area (Å²) in [6.07, 6.45) is 0. The summed E-state index contributed by atoms with van der Waals surface area (Å²) < 4.78 is 0. The third kappa shape index (κ3) is 3.51. The summed E-state index contributed by atoms with van der Waals surface area (Å²) in [5.74, 6) is 0.839. The van der Waals surface area contributed by atoms with E-state index in [2.05, 4.69) is 36.6 Å². The zero-order valence-corrected chi connectivity index (χ0v) is 13.6. The highest BCUT2D eigenvalue weighted by Crippen LogP contribution is 2.29. The molecule has 1 fully saturated rings. The van der Waals surface area contributed by atoms with Gasteiger partial charge in [0.2, 0.25) is 5.91 Å². The van der Waals surface area contributed by atoms with Crippen molar-refractivity contribution in [1.82, 2.24) is 5.32 Å². The van der Waals surface area contributed by atoms with Crippen molar-refractivity contribution >= 4 is 23.4 Å². The van der Waals surface area contributed by atoms with Gasteiger partial charge in [-0.1, -0.05) is 42.5 Å². The van der Waals surface area contributed by atoms with Gasteiger partial charge in [0.25, 0.3) is 0 Å². The van der Waals surface area contributed by atoms with Gasteiger partial charge < -0.3 is 5.32 Å². The molecule has 0 radical (unpaired) electrons. The highest BCUT2D eigenvalue weighted by Gasteiger charge is 2.34. The number of nitrogens with one attached hydrogen (secondary N) is 2. The van der Waals surface area contributed by atoms with Gasteiger partial charge in [-0.15, -0.1) is 11.8 Å². The van der Waals surface area contributed by atoms with Crippen molar-refractivity contribution in [3.05, 3.63) is 54.6 Å². The van der Waals surface area contributed by atoms with Crippen LogP contribution in [0.25, 0.3) is 11.1 Å². The molecule has 3 rings (SSSR count). The Labute approximate surface area is 135 Å². The first-order valence-corrected chi connectivity index (χ1v) is 8.40. The number of carbonyl (C=O) groups excluding carboxylic acids is 1. The fraction of sp³-hybridized carbons (Fsp3) is 0.278. The van der Waals surface area contributed by atoms with E-state index in [0.29, 0.717) is 0 Å². The first kappa shape index (κ1) is 15.1. The molecule has 1 saturated heterocycles. The Morgan fingerprint density at radius 1 is 1.09 bits per heavy atom. The first-order valence-electron chi connectivity index (χ1n) is 7.41. The summed E-state index contributed by atoms with van der Waals surface area (Å²) in [4.78, 5) is 12.2. The molecular formula is C18H20N2OS. The third-order valence-electron chi connectivity index (χ3n) is 3.71. The first-order chi connectivity index (χ1) is 10.5. The van der Waals surface area contributed by atoms with Crippen LogP contribution < -0.4 is 10.6 Å². The Balaban J connectivity index is 1.65. The topological polar surface area (TPSA) is 41.1 Å². The highest BCUT2D eigenvalue weighted by molar-refractivity contribution is 8.00. The molecule has 1 aliphatic heterocycles. The van der Waals surface area contributed by atoms with Gasteiger partial charge in [0.1, 0.15) is 0 Å². The molecule has 0 saturated carbocycles. The minimum Gasteiger partial charge on any atom is -0.325 e. The lowest BCUT2D eigenvalue weighted by Crippen LogP contribution is -2.43. The zero-order chi connectivity index (χ0) is 15.6. The van der Waals surface area contributed by atoms with Crippen molar-refractivity contribution in [3.8, 4) is 11.1 Å². The van der Waals surface area contributed by atoms with E-state index in [1.807, 2.05) is 42.5 Å². The van der Waals surface area contributed by atoms with Crippen molar-refractivity contribution in [2.24, 2.45) is 0 Å². The molecule has 4 heteroatoms. The summed E-state index contributed by atoms with van der Waals surface area (Å²) in [6.45, 7) is 4.19. The number of hydrogen-bond acceptors (Lipinski definition) is 3. The Bertz CT molecular complexity index is 653. The predicted octanol–water partition coefficient (Wildman–Crippen LogP) is 3.73. The minimum absolute atomic E-state index is 0.0286. The number of hydrogen-bond donors (Lipinski definition) is 2. The largest absolute Gasteiger partial charge is 0.325 e. The fourth-order valence-electron chi connectivity index (χ4n) is 2.54. The monoisotopic (exact) mass is 312 g/mol. The van der Waals surface area contributed by atoms with E-state index < -0.39 is 0 Å². The van der Waals surface area contributed by atoms with Gasteiger partial charge in [-0.2, -0.15) is 0 Å². The second-order valence-corrected chi connectivity index (χ2v) is 7.59. The van der Waals surface area contributed by atoms with E-state index in [-0.39, 0.29) is 16.8 Å². The number of thioether (sulfide) groups is 1. The fourth-order valence-corrected chi connectivity index (χ4v) is 3.59. The smallest absolute Gasteiger partial charge is 0.242 e. The Morgan fingerprint density at radius 2 is 1.73 bits per heavy atom. The maximum Gasteiger partial charge on any atom is 0.242 e. The molecule has 0 bridgehead atoms. The summed E-state index contributed by atoms with van der Waals surface area (Å²) in [6, 6.07) is 18.1. The molecule has 1 atom stereocenters. The van der Waals surface area contributed by atoms with Crippen LogP contribution in [0.3, 0.4) is 0 Å². The van der Waals surface area contributed by atoms with Crippen LogP contribution in [0.5, 0.6) is 0 Å². The Morgan fingerprint density at radius 3 is 2.32 bits per heavy atom. The molecule has 1 aliphatic rings. The van der Waals surface area contributed by atoms with E-state index in [1.165, 1.54) is 5.56 Å². The molecule has 0 aromatic heterocycles. The molecule has 2 aromatic rings. The van der Waals surface area contributed by atoms with Gasteiger partial charge >= 0.3 is 0 Å². The van der Waals surface area contributed by atoms with Crippen LogP contribution in [0.15, 0.2) is 54.6 Å². The maximum atomic E-state index is 12.3. The second kappa shape index (κ2) is 6.15. The van der Waals surface area contributed by atoms with Gasteiger partial charge in [-0.25, -0.2) is 0 Å². The van der Waals surface area contributed by atoms with Gasteiger partial charge in [-0.05, 0) is 37.1 Å². The van der Waals surface area contributed by atoms with Crippen LogP contribution in [-0.4, -0.2) is 22.6 Å². The summed E-state index contributed by atoms with van der Waals surface area (Å²) in [5, 5.41) is 6.32. The van der Waals surface area contributed by atoms with Crippen LogP contribution in [0.4, 0.5) is 5.69 Å². The summed E-state index contributed by atoms with van der Waals surface area (Å²) >= 11 is 1.77. The lowest BCUT2D eigenvalue weighted by molar-refractivity contribution is -0.117. The molecule has 0 spiro atoms. The number of amides is 1. The van der Waals surface area contributed by atoms with Crippen molar-refractivity contribution in [2.45, 2.75) is 24.8 Å². The average molecular weight is 312 g/mol. The van der Waals surface area contributed by atoms with Crippen molar-refractivity contribution in [2.75, 3.05) is 11.1 Å². The van der Waals surface area contributed by atoms with Crippen LogP contribution in [0.1, 0.15) is 13.8 Å². The van der Waals surface area contributed by atoms with E-state index in [9.17, 15) is 4.79 Å². The van der Waals surface area contributed by atoms with Crippen LogP contribution in [-0.2, 0) is 4.79 Å². The van der Waals surface area contributed by atoms with E-state index in [1.54, 1.807) is 11.8 Å². The van der Waals surface area contributed by atoms with Gasteiger partial charge in [-0.3, -0.25) is 10.1 Å². The quantitative estimate of drug-likeness (QED) is 0.907. The molecule has 114 valence electrons. The lowest BCUT2D eigenvalue weighted by Gasteiger charge is -2.18. The predicted molar refractivity (Wildman–Crippen MR) is 94.0 cm³/mol. The van der Waals surface area contributed by atoms with Crippen LogP contribution in [0.2, 0.25) is 0 Å². The Hall–Kier alpha value is -1.78.